The summed E-state index contributed by atoms with van der Waals surface area (Å²) in [5, 5.41) is 1.96. The van der Waals surface area contributed by atoms with E-state index in [2.05, 4.69) is 0 Å². The number of carbonyl (C=O) groups excluding carboxylic acids is 2. The van der Waals surface area contributed by atoms with E-state index in [-0.39, 0.29) is 12.6 Å². The number of primary amides is 1. The van der Waals surface area contributed by atoms with Crippen LogP contribution in [0.25, 0.3) is 0 Å². The number of hydrogen-bond donors (Lipinski definition) is 3. The molecule has 0 aliphatic carbocycles. The van der Waals surface area contributed by atoms with E-state index in [9.17, 15) is 9.59 Å². The molecule has 76 valence electrons. The molecule has 0 saturated carbocycles. The zero-order valence-corrected chi connectivity index (χ0v) is 7.91. The highest BCUT2D eigenvalue weighted by Gasteiger charge is 2.08. The predicted octanol–water partition coefficient (Wildman–Crippen LogP) is -1.54. The van der Waals surface area contributed by atoms with Gasteiger partial charge in [0.15, 0.2) is 0 Å². The highest BCUT2D eigenvalue weighted by molar-refractivity contribution is 5.94. The molecule has 0 aromatic carbocycles. The van der Waals surface area contributed by atoms with Gasteiger partial charge in [0.25, 0.3) is 0 Å². The number of imide groups is 1. The molecule has 13 heavy (non-hydrogen) atoms. The Morgan fingerprint density at radius 3 is 2.46 bits per heavy atom. The van der Waals surface area contributed by atoms with Crippen molar-refractivity contribution in [2.24, 2.45) is 11.5 Å². The van der Waals surface area contributed by atoms with Crippen LogP contribution in [0.15, 0.2) is 0 Å². The van der Waals surface area contributed by atoms with Gasteiger partial charge < -0.3 is 11.5 Å². The van der Waals surface area contributed by atoms with Gasteiger partial charge in [-0.1, -0.05) is 0 Å². The Balaban J connectivity index is 3.71. The van der Waals surface area contributed by atoms with Crippen molar-refractivity contribution in [1.29, 1.82) is 0 Å². The zero-order chi connectivity index (χ0) is 10.4. The standard InChI is InChI=1S/C7H16N4O2/c1-5(8)3-11(2)4-6(12)10-7(9)13/h5H,3-4,8H2,1-2H3,(H3,9,10,12,13). The molecule has 1 atom stereocenters. The van der Waals surface area contributed by atoms with Crippen LogP contribution in [-0.4, -0.2) is 43.0 Å². The molecule has 6 nitrogen and oxygen atoms in total. The predicted molar refractivity (Wildman–Crippen MR) is 48.9 cm³/mol. The maximum Gasteiger partial charge on any atom is 0.318 e. The minimum atomic E-state index is -0.834. The molecule has 0 saturated heterocycles. The number of amides is 3. The van der Waals surface area contributed by atoms with Crippen LogP contribution in [-0.2, 0) is 4.79 Å². The summed E-state index contributed by atoms with van der Waals surface area (Å²) in [6, 6.07) is -0.842. The summed E-state index contributed by atoms with van der Waals surface area (Å²) in [5.41, 5.74) is 10.3. The van der Waals surface area contributed by atoms with E-state index in [0.717, 1.165) is 0 Å². The van der Waals surface area contributed by atoms with Crippen LogP contribution in [0, 0.1) is 0 Å². The van der Waals surface area contributed by atoms with Crippen LogP contribution in [0.5, 0.6) is 0 Å². The number of nitrogens with one attached hydrogen (secondary N) is 1. The number of hydrogen-bond acceptors (Lipinski definition) is 4. The number of nitrogens with zero attached hydrogens (tertiary/aromatic N) is 1. The van der Waals surface area contributed by atoms with E-state index in [1.54, 1.807) is 11.9 Å². The third-order valence-electron chi connectivity index (χ3n) is 1.28. The topological polar surface area (TPSA) is 101 Å². The number of nitrogens with two attached hydrogens (primary N) is 2. The van der Waals surface area contributed by atoms with Gasteiger partial charge in [0.05, 0.1) is 6.54 Å². The fraction of sp³-hybridized carbons (Fsp3) is 0.714. The monoisotopic (exact) mass is 188 g/mol. The number of rotatable bonds is 4. The summed E-state index contributed by atoms with van der Waals surface area (Å²) in [7, 11) is 1.74. The van der Waals surface area contributed by atoms with Gasteiger partial charge in [-0.15, -0.1) is 0 Å². The molecular weight excluding hydrogens is 172 g/mol. The zero-order valence-electron chi connectivity index (χ0n) is 7.91. The fourth-order valence-electron chi connectivity index (χ4n) is 0.978. The molecule has 0 aromatic rings. The summed E-state index contributed by atoms with van der Waals surface area (Å²) >= 11 is 0. The van der Waals surface area contributed by atoms with Crippen LogP contribution in [0.1, 0.15) is 6.92 Å². The minimum absolute atomic E-state index is 0.00798. The first kappa shape index (κ1) is 11.9. The van der Waals surface area contributed by atoms with Gasteiger partial charge in [0.2, 0.25) is 5.91 Å². The molecule has 0 spiro atoms. The average Bonchev–Trinajstić information content (AvgIpc) is 1.80. The normalized spacial score (nSPS) is 12.6. The van der Waals surface area contributed by atoms with Crippen molar-refractivity contribution in [2.45, 2.75) is 13.0 Å². The van der Waals surface area contributed by atoms with Crippen molar-refractivity contribution >= 4 is 11.9 Å². The number of urea groups is 1. The quantitative estimate of drug-likeness (QED) is 0.497. The Hall–Kier alpha value is -1.14. The molecular formula is C7H16N4O2. The van der Waals surface area contributed by atoms with Gasteiger partial charge in [-0.2, -0.15) is 0 Å². The van der Waals surface area contributed by atoms with Gasteiger partial charge >= 0.3 is 6.03 Å². The SMILES string of the molecule is CC(N)CN(C)CC(=O)NC(N)=O. The van der Waals surface area contributed by atoms with Crippen molar-refractivity contribution in [3.8, 4) is 0 Å². The second-order valence-electron chi connectivity index (χ2n) is 3.09. The molecule has 0 heterocycles. The molecule has 0 aliphatic rings. The van der Waals surface area contributed by atoms with Crippen LogP contribution in [0.4, 0.5) is 4.79 Å². The first-order valence-corrected chi connectivity index (χ1v) is 3.95. The first-order valence-electron chi connectivity index (χ1n) is 3.95. The Labute approximate surface area is 77.2 Å². The third-order valence-corrected chi connectivity index (χ3v) is 1.28. The molecule has 0 aliphatic heterocycles. The summed E-state index contributed by atoms with van der Waals surface area (Å²) in [6.07, 6.45) is 0. The minimum Gasteiger partial charge on any atom is -0.351 e. The molecule has 0 fully saturated rings. The largest absolute Gasteiger partial charge is 0.351 e. The van der Waals surface area contributed by atoms with Gasteiger partial charge in [-0.05, 0) is 14.0 Å². The average molecular weight is 188 g/mol. The Kier molecular flexibility index (Phi) is 5.01. The second kappa shape index (κ2) is 5.50. The second-order valence-corrected chi connectivity index (χ2v) is 3.09. The molecule has 3 amide bonds. The van der Waals surface area contributed by atoms with Crippen molar-refractivity contribution in [2.75, 3.05) is 20.1 Å². The van der Waals surface area contributed by atoms with Crippen LogP contribution in [0.2, 0.25) is 0 Å². The van der Waals surface area contributed by atoms with Gasteiger partial charge in [-0.3, -0.25) is 15.0 Å². The van der Waals surface area contributed by atoms with Gasteiger partial charge in [0, 0.05) is 12.6 Å². The maximum absolute atomic E-state index is 11.0. The highest BCUT2D eigenvalue weighted by atomic mass is 16.2. The van der Waals surface area contributed by atoms with E-state index in [1.807, 2.05) is 12.2 Å². The molecule has 1 unspecified atom stereocenters. The number of carbonyl (C=O) groups is 2. The van der Waals surface area contributed by atoms with Crippen molar-refractivity contribution in [3.63, 3.8) is 0 Å². The lowest BCUT2D eigenvalue weighted by atomic mass is 10.3. The van der Waals surface area contributed by atoms with E-state index in [4.69, 9.17) is 11.5 Å². The lowest BCUT2D eigenvalue weighted by Crippen LogP contribution is -2.43. The molecule has 5 N–H and O–H groups in total. The van der Waals surface area contributed by atoms with Crippen molar-refractivity contribution in [3.05, 3.63) is 0 Å². The maximum atomic E-state index is 11.0. The van der Waals surface area contributed by atoms with Gasteiger partial charge in [0.1, 0.15) is 0 Å². The summed E-state index contributed by atoms with van der Waals surface area (Å²) in [4.78, 5) is 22.9. The lowest BCUT2D eigenvalue weighted by Gasteiger charge is -2.17. The molecule has 0 aromatic heterocycles. The van der Waals surface area contributed by atoms with E-state index < -0.39 is 11.9 Å². The van der Waals surface area contributed by atoms with Gasteiger partial charge in [-0.25, -0.2) is 4.79 Å². The summed E-state index contributed by atoms with van der Waals surface area (Å²) in [6.45, 7) is 2.54. The van der Waals surface area contributed by atoms with E-state index >= 15 is 0 Å². The summed E-state index contributed by atoms with van der Waals surface area (Å²) < 4.78 is 0. The highest BCUT2D eigenvalue weighted by Crippen LogP contribution is 1.84. The molecule has 0 rings (SSSR count). The molecule has 0 radical (unpaired) electrons. The fourth-order valence-corrected chi connectivity index (χ4v) is 0.978. The summed E-state index contributed by atoms with van der Waals surface area (Å²) in [5.74, 6) is -0.421. The van der Waals surface area contributed by atoms with Crippen molar-refractivity contribution in [1.82, 2.24) is 10.2 Å². The Morgan fingerprint density at radius 1 is 1.54 bits per heavy atom. The van der Waals surface area contributed by atoms with Crippen LogP contribution < -0.4 is 16.8 Å². The van der Waals surface area contributed by atoms with Crippen LogP contribution >= 0.6 is 0 Å². The van der Waals surface area contributed by atoms with E-state index in [0.29, 0.717) is 6.54 Å². The Bertz CT molecular complexity index is 193. The Morgan fingerprint density at radius 2 is 2.08 bits per heavy atom. The van der Waals surface area contributed by atoms with Crippen molar-refractivity contribution < 1.29 is 9.59 Å². The van der Waals surface area contributed by atoms with E-state index in [1.165, 1.54) is 0 Å². The third kappa shape index (κ3) is 7.23. The lowest BCUT2D eigenvalue weighted by molar-refractivity contribution is -0.120. The first-order chi connectivity index (χ1) is 5.91. The molecule has 0 bridgehead atoms. The smallest absolute Gasteiger partial charge is 0.318 e. The number of likely N-dealkylation sites (N-methyl/N-ethyl adjacent to an activating group) is 1. The molecule has 6 heteroatoms. The van der Waals surface area contributed by atoms with Crippen LogP contribution in [0.3, 0.4) is 0 Å².